The van der Waals surface area contributed by atoms with E-state index in [-0.39, 0.29) is 21.7 Å². The van der Waals surface area contributed by atoms with Crippen molar-refractivity contribution >= 4 is 0 Å². The second-order valence-electron chi connectivity index (χ2n) is 7.57. The minimum atomic E-state index is -0.646. The predicted molar refractivity (Wildman–Crippen MR) is 65.7 cm³/mol. The van der Waals surface area contributed by atoms with Gasteiger partial charge in [-0.3, -0.25) is 0 Å². The molecule has 0 atom stereocenters. The Kier molecular flexibility index (Phi) is 2.27. The molecule has 1 nitrogen and oxygen atoms in total. The van der Waals surface area contributed by atoms with E-state index in [0.717, 1.165) is 0 Å². The predicted octanol–water partition coefficient (Wildman–Crippen LogP) is 3.86. The lowest BCUT2D eigenvalue weighted by Gasteiger charge is -2.46. The van der Waals surface area contributed by atoms with Crippen molar-refractivity contribution in [1.29, 1.82) is 0 Å². The zero-order valence-electron chi connectivity index (χ0n) is 11.9. The first-order chi connectivity index (χ1) is 6.25. The Morgan fingerprint density at radius 3 is 0.733 bits per heavy atom. The molecule has 0 aliphatic heterocycles. The van der Waals surface area contributed by atoms with Crippen LogP contribution in [0.1, 0.15) is 62.3 Å². The van der Waals surface area contributed by atoms with Gasteiger partial charge in [-0.25, -0.2) is 0 Å². The summed E-state index contributed by atoms with van der Waals surface area (Å²) in [5.74, 6) is 0. The summed E-state index contributed by atoms with van der Waals surface area (Å²) in [5, 5.41) is 10.9. The molecule has 0 radical (unpaired) electrons. The normalized spacial score (nSPS) is 34.0. The summed E-state index contributed by atoms with van der Waals surface area (Å²) < 4.78 is 0. The fraction of sp³-hybridized carbons (Fsp3) is 1.00. The van der Waals surface area contributed by atoms with Gasteiger partial charge in [-0.15, -0.1) is 0 Å². The first-order valence-electron chi connectivity index (χ1n) is 5.97. The van der Waals surface area contributed by atoms with Crippen LogP contribution in [0.15, 0.2) is 0 Å². The Morgan fingerprint density at radius 2 is 0.667 bits per heavy atom. The maximum atomic E-state index is 10.9. The van der Waals surface area contributed by atoms with Crippen LogP contribution in [0, 0.1) is 21.7 Å². The molecule has 0 aromatic heterocycles. The molecule has 1 saturated carbocycles. The zero-order chi connectivity index (χ0) is 12.5. The fourth-order valence-corrected chi connectivity index (χ4v) is 3.56. The SMILES string of the molecule is CC1(C)C(C)(C)C(C)(C)C(C)(O)C1(C)C. The summed E-state index contributed by atoms with van der Waals surface area (Å²) in [7, 11) is 0. The minimum absolute atomic E-state index is 0.0903. The van der Waals surface area contributed by atoms with Gasteiger partial charge in [0.2, 0.25) is 0 Å². The number of hydrogen-bond donors (Lipinski definition) is 1. The molecule has 0 aromatic carbocycles. The molecule has 0 spiro atoms. The molecule has 1 N–H and O–H groups in total. The molecular weight excluding hydrogens is 184 g/mol. The van der Waals surface area contributed by atoms with Crippen LogP contribution in [-0.4, -0.2) is 10.7 Å². The van der Waals surface area contributed by atoms with Crippen molar-refractivity contribution < 1.29 is 5.11 Å². The van der Waals surface area contributed by atoms with E-state index >= 15 is 0 Å². The van der Waals surface area contributed by atoms with Crippen LogP contribution >= 0.6 is 0 Å². The van der Waals surface area contributed by atoms with E-state index in [0.29, 0.717) is 0 Å². The molecule has 90 valence electrons. The van der Waals surface area contributed by atoms with E-state index in [1.54, 1.807) is 0 Å². The van der Waals surface area contributed by atoms with E-state index in [4.69, 9.17) is 0 Å². The number of rotatable bonds is 0. The van der Waals surface area contributed by atoms with Crippen molar-refractivity contribution in [2.45, 2.75) is 67.9 Å². The maximum Gasteiger partial charge on any atom is 0.0731 e. The zero-order valence-corrected chi connectivity index (χ0v) is 11.9. The average molecular weight is 212 g/mol. The van der Waals surface area contributed by atoms with Gasteiger partial charge in [0.15, 0.2) is 0 Å². The van der Waals surface area contributed by atoms with Gasteiger partial charge in [-0.1, -0.05) is 55.4 Å². The molecule has 1 heteroatoms. The Hall–Kier alpha value is -0.0400. The van der Waals surface area contributed by atoms with E-state index in [1.807, 2.05) is 6.92 Å². The Bertz CT molecular complexity index is 190. The highest BCUT2D eigenvalue weighted by molar-refractivity contribution is 5.21. The summed E-state index contributed by atoms with van der Waals surface area (Å²) in [4.78, 5) is 0. The topological polar surface area (TPSA) is 20.2 Å². The molecule has 0 unspecified atom stereocenters. The van der Waals surface area contributed by atoms with Crippen molar-refractivity contribution in [1.82, 2.24) is 0 Å². The van der Waals surface area contributed by atoms with Crippen LogP contribution in [0.25, 0.3) is 0 Å². The fourth-order valence-electron chi connectivity index (χ4n) is 3.56. The average Bonchev–Trinajstić information content (AvgIpc) is 2.04. The van der Waals surface area contributed by atoms with Crippen LogP contribution in [0.3, 0.4) is 0 Å². The van der Waals surface area contributed by atoms with Gasteiger partial charge >= 0.3 is 0 Å². The summed E-state index contributed by atoms with van der Waals surface area (Å²) in [6.07, 6.45) is 0. The van der Waals surface area contributed by atoms with Gasteiger partial charge in [0, 0.05) is 0 Å². The molecule has 1 aliphatic carbocycles. The van der Waals surface area contributed by atoms with Gasteiger partial charge in [0.25, 0.3) is 0 Å². The van der Waals surface area contributed by atoms with Crippen molar-refractivity contribution in [2.24, 2.45) is 21.7 Å². The Labute approximate surface area is 95.3 Å². The van der Waals surface area contributed by atoms with Gasteiger partial charge < -0.3 is 5.11 Å². The third-order valence-corrected chi connectivity index (χ3v) is 7.12. The maximum absolute atomic E-state index is 10.9. The third-order valence-electron chi connectivity index (χ3n) is 7.12. The van der Waals surface area contributed by atoms with Crippen molar-refractivity contribution in [3.8, 4) is 0 Å². The molecule has 1 rings (SSSR count). The van der Waals surface area contributed by atoms with Crippen LogP contribution < -0.4 is 0 Å². The van der Waals surface area contributed by atoms with E-state index in [9.17, 15) is 5.11 Å². The van der Waals surface area contributed by atoms with E-state index in [2.05, 4.69) is 55.4 Å². The van der Waals surface area contributed by atoms with Crippen molar-refractivity contribution in [3.63, 3.8) is 0 Å². The van der Waals surface area contributed by atoms with Crippen molar-refractivity contribution in [2.75, 3.05) is 0 Å². The van der Waals surface area contributed by atoms with Gasteiger partial charge in [-0.2, -0.15) is 0 Å². The molecule has 0 aromatic rings. The second-order valence-corrected chi connectivity index (χ2v) is 7.57. The molecule has 1 aliphatic rings. The lowest BCUT2D eigenvalue weighted by molar-refractivity contribution is -0.115. The smallest absolute Gasteiger partial charge is 0.0731 e. The molecule has 0 bridgehead atoms. The van der Waals surface area contributed by atoms with Crippen LogP contribution in [0.4, 0.5) is 0 Å². The summed E-state index contributed by atoms with van der Waals surface area (Å²) in [6.45, 7) is 19.9. The number of aliphatic hydroxyl groups is 1. The van der Waals surface area contributed by atoms with Gasteiger partial charge in [0.05, 0.1) is 5.60 Å². The highest BCUT2D eigenvalue weighted by Gasteiger charge is 2.73. The molecule has 1 fully saturated rings. The molecule has 15 heavy (non-hydrogen) atoms. The molecule has 0 amide bonds. The van der Waals surface area contributed by atoms with Gasteiger partial charge in [0.1, 0.15) is 0 Å². The van der Waals surface area contributed by atoms with E-state index < -0.39 is 5.60 Å². The first-order valence-corrected chi connectivity index (χ1v) is 5.97. The highest BCUT2D eigenvalue weighted by Crippen LogP contribution is 2.74. The van der Waals surface area contributed by atoms with Crippen LogP contribution in [0.2, 0.25) is 0 Å². The van der Waals surface area contributed by atoms with Crippen LogP contribution in [0.5, 0.6) is 0 Å². The van der Waals surface area contributed by atoms with Crippen LogP contribution in [-0.2, 0) is 0 Å². The molecule has 0 heterocycles. The third kappa shape index (κ3) is 0.988. The minimum Gasteiger partial charge on any atom is -0.389 e. The Balaban J connectivity index is 3.55. The quantitative estimate of drug-likeness (QED) is 0.646. The lowest BCUT2D eigenvalue weighted by atomic mass is 9.57. The first kappa shape index (κ1) is 13.0. The monoisotopic (exact) mass is 212 g/mol. The summed E-state index contributed by atoms with van der Waals surface area (Å²) >= 11 is 0. The second kappa shape index (κ2) is 2.61. The lowest BCUT2D eigenvalue weighted by Crippen LogP contribution is -2.49. The standard InChI is InChI=1S/C14H28O/c1-10(2)11(3,4)13(7,8)14(9,15)12(10,5)6/h15H,1-9H3. The largest absolute Gasteiger partial charge is 0.389 e. The molecule has 0 saturated heterocycles. The highest BCUT2D eigenvalue weighted by atomic mass is 16.3. The van der Waals surface area contributed by atoms with Gasteiger partial charge in [-0.05, 0) is 28.6 Å². The summed E-state index contributed by atoms with van der Waals surface area (Å²) in [5.41, 5.74) is -0.618. The number of hydrogen-bond acceptors (Lipinski definition) is 1. The van der Waals surface area contributed by atoms with Crippen molar-refractivity contribution in [3.05, 3.63) is 0 Å². The summed E-state index contributed by atoms with van der Waals surface area (Å²) in [6, 6.07) is 0. The van der Waals surface area contributed by atoms with E-state index in [1.165, 1.54) is 0 Å². The Morgan fingerprint density at radius 1 is 0.467 bits per heavy atom. The molecular formula is C14H28O.